The van der Waals surface area contributed by atoms with Gasteiger partial charge in [0.2, 0.25) is 5.91 Å². The number of hydrogen-bond acceptors (Lipinski definition) is 4. The molecule has 1 saturated heterocycles. The van der Waals surface area contributed by atoms with Gasteiger partial charge in [-0.1, -0.05) is 18.2 Å². The maximum absolute atomic E-state index is 13.0. The molecule has 2 heterocycles. The Morgan fingerprint density at radius 1 is 1.14 bits per heavy atom. The summed E-state index contributed by atoms with van der Waals surface area (Å²) in [6.07, 6.45) is 2.61. The number of carbonyl (C=O) groups is 3. The Morgan fingerprint density at radius 2 is 1.86 bits per heavy atom. The number of aromatic nitrogens is 1. The van der Waals surface area contributed by atoms with E-state index in [0.717, 1.165) is 16.8 Å². The topological polar surface area (TPSA) is 90.8 Å². The molecule has 1 aromatic heterocycles. The largest absolute Gasteiger partial charge is 0.481 e. The summed E-state index contributed by atoms with van der Waals surface area (Å²) in [4.78, 5) is 44.0. The summed E-state index contributed by atoms with van der Waals surface area (Å²) in [5.41, 5.74) is 3.03. The monoisotopic (exact) mass is 395 g/mol. The van der Waals surface area contributed by atoms with Crippen LogP contribution in [0, 0.1) is 12.8 Å². The van der Waals surface area contributed by atoms with E-state index in [2.05, 4.69) is 4.98 Å². The number of carbonyl (C=O) groups excluding carboxylic acids is 2. The molecule has 3 rings (SSSR count). The Balaban J connectivity index is 1.68. The predicted octanol–water partition coefficient (Wildman–Crippen LogP) is 2.45. The number of carboxylic acid groups (broad SMARTS) is 1. The van der Waals surface area contributed by atoms with Crippen molar-refractivity contribution in [2.45, 2.75) is 19.8 Å². The van der Waals surface area contributed by atoms with Gasteiger partial charge in [-0.2, -0.15) is 0 Å². The highest BCUT2D eigenvalue weighted by Gasteiger charge is 2.28. The fourth-order valence-corrected chi connectivity index (χ4v) is 3.62. The standard InChI is InChI=1S/C22H25N3O4/c1-15-17(19-8-3-4-11-23-19)6-5-7-18(15)21(27)24(2)14-20(26)25-12-9-16(10-13-25)22(28)29/h3-8,11,16H,9-10,12-14H2,1-2H3,(H,28,29). The number of amides is 2. The highest BCUT2D eigenvalue weighted by molar-refractivity contribution is 5.99. The van der Waals surface area contributed by atoms with E-state index in [0.29, 0.717) is 31.5 Å². The number of likely N-dealkylation sites (tertiary alicyclic amines) is 1. The van der Waals surface area contributed by atoms with E-state index in [-0.39, 0.29) is 18.4 Å². The summed E-state index contributed by atoms with van der Waals surface area (Å²) in [5, 5.41) is 9.08. The Morgan fingerprint density at radius 3 is 2.48 bits per heavy atom. The average molecular weight is 395 g/mol. The van der Waals surface area contributed by atoms with E-state index in [4.69, 9.17) is 5.11 Å². The van der Waals surface area contributed by atoms with Crippen LogP contribution in [0.2, 0.25) is 0 Å². The number of benzene rings is 1. The number of rotatable bonds is 5. The SMILES string of the molecule is Cc1c(C(=O)N(C)CC(=O)N2CCC(C(=O)O)CC2)cccc1-c1ccccn1. The molecule has 152 valence electrons. The minimum absolute atomic E-state index is 0.0379. The first-order valence-electron chi connectivity index (χ1n) is 9.65. The first-order valence-corrected chi connectivity index (χ1v) is 9.65. The number of pyridine rings is 1. The second-order valence-electron chi connectivity index (χ2n) is 7.35. The number of nitrogens with zero attached hydrogens (tertiary/aromatic N) is 3. The predicted molar refractivity (Wildman–Crippen MR) is 108 cm³/mol. The summed E-state index contributed by atoms with van der Waals surface area (Å²) in [5.74, 6) is -1.60. The minimum atomic E-state index is -0.812. The van der Waals surface area contributed by atoms with Crippen LogP contribution in [0.15, 0.2) is 42.6 Å². The smallest absolute Gasteiger partial charge is 0.306 e. The van der Waals surface area contributed by atoms with E-state index in [1.807, 2.05) is 37.3 Å². The first kappa shape index (κ1) is 20.5. The lowest BCUT2D eigenvalue weighted by Gasteiger charge is -2.31. The first-order chi connectivity index (χ1) is 13.9. The van der Waals surface area contributed by atoms with Crippen LogP contribution in [0.5, 0.6) is 0 Å². The lowest BCUT2D eigenvalue weighted by atomic mass is 9.97. The van der Waals surface area contributed by atoms with Crippen LogP contribution in [0.1, 0.15) is 28.8 Å². The van der Waals surface area contributed by atoms with Crippen LogP contribution in [0.4, 0.5) is 0 Å². The molecule has 7 nitrogen and oxygen atoms in total. The average Bonchev–Trinajstić information content (AvgIpc) is 2.74. The van der Waals surface area contributed by atoms with Crippen LogP contribution in [0.3, 0.4) is 0 Å². The third-order valence-electron chi connectivity index (χ3n) is 5.42. The zero-order valence-corrected chi connectivity index (χ0v) is 16.7. The molecule has 2 amide bonds. The molecule has 0 unspecified atom stereocenters. The van der Waals surface area contributed by atoms with Crippen molar-refractivity contribution in [3.63, 3.8) is 0 Å². The molecular weight excluding hydrogens is 370 g/mol. The molecule has 2 aromatic rings. The molecule has 7 heteroatoms. The van der Waals surface area contributed by atoms with Gasteiger partial charge in [-0.3, -0.25) is 19.4 Å². The Bertz CT molecular complexity index is 906. The molecule has 29 heavy (non-hydrogen) atoms. The molecule has 0 atom stereocenters. The van der Waals surface area contributed by atoms with Crippen LogP contribution in [0.25, 0.3) is 11.3 Å². The highest BCUT2D eigenvalue weighted by atomic mass is 16.4. The second-order valence-corrected chi connectivity index (χ2v) is 7.35. The fourth-order valence-electron chi connectivity index (χ4n) is 3.62. The lowest BCUT2D eigenvalue weighted by molar-refractivity contribution is -0.145. The Kier molecular flexibility index (Phi) is 6.26. The van der Waals surface area contributed by atoms with Crippen molar-refractivity contribution >= 4 is 17.8 Å². The summed E-state index contributed by atoms with van der Waals surface area (Å²) < 4.78 is 0. The van der Waals surface area contributed by atoms with Crippen LogP contribution in [-0.2, 0) is 9.59 Å². The molecular formula is C22H25N3O4. The fraction of sp³-hybridized carbons (Fsp3) is 0.364. The molecule has 1 aliphatic heterocycles. The van der Waals surface area contributed by atoms with E-state index in [1.54, 1.807) is 24.2 Å². The summed E-state index contributed by atoms with van der Waals surface area (Å²) in [6, 6.07) is 11.1. The molecule has 0 spiro atoms. The van der Waals surface area contributed by atoms with Gasteiger partial charge in [0.1, 0.15) is 0 Å². The molecule has 1 N–H and O–H groups in total. The van der Waals surface area contributed by atoms with Crippen molar-refractivity contribution in [1.82, 2.24) is 14.8 Å². The van der Waals surface area contributed by atoms with Crippen molar-refractivity contribution in [3.8, 4) is 11.3 Å². The van der Waals surface area contributed by atoms with Crippen molar-refractivity contribution in [1.29, 1.82) is 0 Å². The number of likely N-dealkylation sites (N-methyl/N-ethyl adjacent to an activating group) is 1. The molecule has 0 radical (unpaired) electrons. The number of piperidine rings is 1. The lowest BCUT2D eigenvalue weighted by Crippen LogP contribution is -2.45. The Labute approximate surface area is 170 Å². The molecule has 0 aliphatic carbocycles. The van der Waals surface area contributed by atoms with Crippen molar-refractivity contribution in [2.75, 3.05) is 26.7 Å². The minimum Gasteiger partial charge on any atom is -0.481 e. The quantitative estimate of drug-likeness (QED) is 0.840. The molecule has 1 aromatic carbocycles. The van der Waals surface area contributed by atoms with Crippen molar-refractivity contribution < 1.29 is 19.5 Å². The van der Waals surface area contributed by atoms with E-state index in [9.17, 15) is 14.4 Å². The normalized spacial score (nSPS) is 14.5. The molecule has 0 saturated carbocycles. The molecule has 0 bridgehead atoms. The summed E-state index contributed by atoms with van der Waals surface area (Å²) in [7, 11) is 1.61. The van der Waals surface area contributed by atoms with Crippen molar-refractivity contribution in [3.05, 3.63) is 53.7 Å². The number of carboxylic acids is 1. The van der Waals surface area contributed by atoms with E-state index >= 15 is 0 Å². The van der Waals surface area contributed by atoms with Crippen LogP contribution >= 0.6 is 0 Å². The van der Waals surface area contributed by atoms with Gasteiger partial charge in [-0.15, -0.1) is 0 Å². The van der Waals surface area contributed by atoms with E-state index in [1.165, 1.54) is 4.90 Å². The zero-order valence-electron chi connectivity index (χ0n) is 16.7. The van der Waals surface area contributed by atoms with Gasteiger partial charge in [0.25, 0.3) is 5.91 Å². The maximum atomic E-state index is 13.0. The van der Waals surface area contributed by atoms with Gasteiger partial charge in [0.05, 0.1) is 18.2 Å². The third kappa shape index (κ3) is 4.62. The number of aliphatic carboxylic acids is 1. The third-order valence-corrected chi connectivity index (χ3v) is 5.42. The van der Waals surface area contributed by atoms with Gasteiger partial charge in [-0.05, 0) is 43.5 Å². The number of hydrogen-bond donors (Lipinski definition) is 1. The van der Waals surface area contributed by atoms with Crippen LogP contribution < -0.4 is 0 Å². The van der Waals surface area contributed by atoms with Crippen LogP contribution in [-0.4, -0.2) is 64.4 Å². The van der Waals surface area contributed by atoms with Gasteiger partial charge in [0.15, 0.2) is 0 Å². The second kappa shape index (κ2) is 8.86. The highest BCUT2D eigenvalue weighted by Crippen LogP contribution is 2.25. The van der Waals surface area contributed by atoms with Gasteiger partial charge in [-0.25, -0.2) is 0 Å². The Hall–Kier alpha value is -3.22. The van der Waals surface area contributed by atoms with E-state index < -0.39 is 11.9 Å². The summed E-state index contributed by atoms with van der Waals surface area (Å²) in [6.45, 7) is 2.66. The zero-order chi connectivity index (χ0) is 21.0. The van der Waals surface area contributed by atoms with Gasteiger partial charge < -0.3 is 14.9 Å². The molecule has 1 aliphatic rings. The van der Waals surface area contributed by atoms with Crippen molar-refractivity contribution in [2.24, 2.45) is 5.92 Å². The maximum Gasteiger partial charge on any atom is 0.306 e. The van der Waals surface area contributed by atoms with Gasteiger partial charge in [0, 0.05) is 37.5 Å². The van der Waals surface area contributed by atoms with Gasteiger partial charge >= 0.3 is 5.97 Å². The summed E-state index contributed by atoms with van der Waals surface area (Å²) >= 11 is 0. The molecule has 1 fully saturated rings.